The summed E-state index contributed by atoms with van der Waals surface area (Å²) in [6.07, 6.45) is 2.23. The van der Waals surface area contributed by atoms with Crippen molar-refractivity contribution < 1.29 is 4.74 Å². The molecule has 20 heavy (non-hydrogen) atoms. The third-order valence-corrected chi connectivity index (χ3v) is 5.17. The number of nitrogens with two attached hydrogens (primary N) is 1. The highest BCUT2D eigenvalue weighted by atomic mass is 16.5. The van der Waals surface area contributed by atoms with Crippen LogP contribution in [0.4, 0.5) is 0 Å². The number of ether oxygens (including phenoxy) is 1. The molecule has 0 saturated carbocycles. The molecule has 2 N–H and O–H groups in total. The second-order valence-electron chi connectivity index (χ2n) is 6.32. The highest BCUT2D eigenvalue weighted by Gasteiger charge is 2.43. The molecule has 3 nitrogen and oxygen atoms in total. The lowest BCUT2D eigenvalue weighted by Crippen LogP contribution is -2.52. The zero-order chi connectivity index (χ0) is 14.8. The maximum absolute atomic E-state index is 5.94. The molecule has 0 unspecified atom stereocenters. The Kier molecular flexibility index (Phi) is 4.71. The first-order valence-corrected chi connectivity index (χ1v) is 7.58. The van der Waals surface area contributed by atoms with Gasteiger partial charge in [-0.25, -0.2) is 0 Å². The lowest BCUT2D eigenvalue weighted by Gasteiger charge is -2.49. The number of likely N-dealkylation sites (tertiary alicyclic amines) is 1. The summed E-state index contributed by atoms with van der Waals surface area (Å²) in [5.74, 6) is 1.53. The molecule has 0 amide bonds. The first kappa shape index (κ1) is 15.3. The maximum atomic E-state index is 5.94. The molecule has 0 aliphatic carbocycles. The molecule has 2 rings (SSSR count). The van der Waals surface area contributed by atoms with Crippen LogP contribution in [0.3, 0.4) is 0 Å². The molecular weight excluding hydrogens is 248 g/mol. The molecule has 1 aliphatic heterocycles. The first-order chi connectivity index (χ1) is 9.53. The normalized spacial score (nSPS) is 31.2. The van der Waals surface area contributed by atoms with Crippen LogP contribution in [0.2, 0.25) is 0 Å². The molecule has 1 fully saturated rings. The molecule has 1 saturated heterocycles. The molecule has 0 radical (unpaired) electrons. The monoisotopic (exact) mass is 276 g/mol. The van der Waals surface area contributed by atoms with Gasteiger partial charge in [0.2, 0.25) is 0 Å². The topological polar surface area (TPSA) is 38.5 Å². The number of nitrogens with zero attached hydrogens (tertiary/aromatic N) is 1. The van der Waals surface area contributed by atoms with E-state index in [0.717, 1.165) is 25.3 Å². The predicted molar refractivity (Wildman–Crippen MR) is 84.2 cm³/mol. The van der Waals surface area contributed by atoms with Crippen LogP contribution in [0, 0.1) is 5.92 Å². The van der Waals surface area contributed by atoms with Crippen LogP contribution in [-0.4, -0.2) is 38.2 Å². The van der Waals surface area contributed by atoms with Gasteiger partial charge in [-0.15, -0.1) is 0 Å². The van der Waals surface area contributed by atoms with Gasteiger partial charge in [0.05, 0.1) is 7.11 Å². The van der Waals surface area contributed by atoms with Gasteiger partial charge in [0.25, 0.3) is 0 Å². The van der Waals surface area contributed by atoms with E-state index in [2.05, 4.69) is 50.1 Å². The number of hydrogen-bond acceptors (Lipinski definition) is 3. The highest BCUT2D eigenvalue weighted by molar-refractivity contribution is 5.34. The Balaban J connectivity index is 2.37. The summed E-state index contributed by atoms with van der Waals surface area (Å²) in [6.45, 7) is 6.56. The van der Waals surface area contributed by atoms with Crippen molar-refractivity contribution in [1.29, 1.82) is 0 Å². The summed E-state index contributed by atoms with van der Waals surface area (Å²) in [7, 11) is 3.94. The van der Waals surface area contributed by atoms with E-state index < -0.39 is 0 Å². The fourth-order valence-corrected chi connectivity index (χ4v) is 3.75. The van der Waals surface area contributed by atoms with Gasteiger partial charge in [-0.1, -0.05) is 19.1 Å². The predicted octanol–water partition coefficient (Wildman–Crippen LogP) is 2.64. The van der Waals surface area contributed by atoms with Crippen molar-refractivity contribution in [2.75, 3.05) is 27.2 Å². The minimum absolute atomic E-state index is 0.201. The van der Waals surface area contributed by atoms with Crippen molar-refractivity contribution in [3.05, 3.63) is 29.8 Å². The van der Waals surface area contributed by atoms with Crippen LogP contribution in [0.1, 0.15) is 32.3 Å². The minimum atomic E-state index is 0.201. The SMILES string of the molecule is COc1ccc([C@@]2(CCN)C[C@@H](C)N(C)C[C@H]2C)cc1. The van der Waals surface area contributed by atoms with Gasteiger partial charge in [0, 0.05) is 18.0 Å². The van der Waals surface area contributed by atoms with Crippen LogP contribution in [0.15, 0.2) is 24.3 Å². The number of rotatable bonds is 4. The summed E-state index contributed by atoms with van der Waals surface area (Å²) >= 11 is 0. The molecule has 3 atom stereocenters. The lowest BCUT2D eigenvalue weighted by atomic mass is 9.63. The average Bonchev–Trinajstić information content (AvgIpc) is 2.45. The molecular formula is C17H28N2O. The smallest absolute Gasteiger partial charge is 0.118 e. The molecule has 3 heteroatoms. The number of methoxy groups -OCH3 is 1. The van der Waals surface area contributed by atoms with Gasteiger partial charge < -0.3 is 15.4 Å². The number of piperidine rings is 1. The van der Waals surface area contributed by atoms with Crippen molar-refractivity contribution in [2.45, 2.75) is 38.1 Å². The summed E-state index contributed by atoms with van der Waals surface area (Å²) in [5, 5.41) is 0. The fraction of sp³-hybridized carbons (Fsp3) is 0.647. The molecule has 112 valence electrons. The fourth-order valence-electron chi connectivity index (χ4n) is 3.75. The highest BCUT2D eigenvalue weighted by Crippen LogP contribution is 2.44. The van der Waals surface area contributed by atoms with E-state index >= 15 is 0 Å². The number of hydrogen-bond donors (Lipinski definition) is 1. The van der Waals surface area contributed by atoms with Gasteiger partial charge in [-0.2, -0.15) is 0 Å². The Bertz CT molecular complexity index is 431. The van der Waals surface area contributed by atoms with E-state index in [-0.39, 0.29) is 5.41 Å². The van der Waals surface area contributed by atoms with Crippen LogP contribution < -0.4 is 10.5 Å². The lowest BCUT2D eigenvalue weighted by molar-refractivity contribution is 0.0703. The molecule has 0 aromatic heterocycles. The van der Waals surface area contributed by atoms with E-state index in [1.54, 1.807) is 7.11 Å². The minimum Gasteiger partial charge on any atom is -0.497 e. The standard InChI is InChI=1S/C17H28N2O/c1-13-12-19(3)14(2)11-17(13,9-10-18)15-5-7-16(20-4)8-6-15/h5-8,13-14H,9-12,18H2,1-4H3/t13-,14-,17+/m1/s1. The Hall–Kier alpha value is -1.06. The van der Waals surface area contributed by atoms with Crippen molar-refractivity contribution >= 4 is 0 Å². The number of benzene rings is 1. The van der Waals surface area contributed by atoms with E-state index in [4.69, 9.17) is 10.5 Å². The van der Waals surface area contributed by atoms with Crippen LogP contribution >= 0.6 is 0 Å². The molecule has 0 spiro atoms. The van der Waals surface area contributed by atoms with Gasteiger partial charge >= 0.3 is 0 Å². The zero-order valence-corrected chi connectivity index (χ0v) is 13.2. The summed E-state index contributed by atoms with van der Waals surface area (Å²) in [6, 6.07) is 9.19. The van der Waals surface area contributed by atoms with Gasteiger partial charge in [0.1, 0.15) is 5.75 Å². The van der Waals surface area contributed by atoms with Crippen molar-refractivity contribution in [3.63, 3.8) is 0 Å². The van der Waals surface area contributed by atoms with E-state index in [0.29, 0.717) is 12.0 Å². The van der Waals surface area contributed by atoms with E-state index in [1.807, 2.05) is 0 Å². The van der Waals surface area contributed by atoms with E-state index in [9.17, 15) is 0 Å². The molecule has 1 aliphatic rings. The van der Waals surface area contributed by atoms with Crippen LogP contribution in [0.5, 0.6) is 5.75 Å². The quantitative estimate of drug-likeness (QED) is 0.919. The van der Waals surface area contributed by atoms with Gasteiger partial charge in [-0.05, 0) is 57.0 Å². The Labute approximate surface area is 123 Å². The Morgan fingerprint density at radius 2 is 1.95 bits per heavy atom. The summed E-state index contributed by atoms with van der Waals surface area (Å²) < 4.78 is 5.28. The first-order valence-electron chi connectivity index (χ1n) is 7.58. The van der Waals surface area contributed by atoms with Crippen LogP contribution in [0.25, 0.3) is 0 Å². The Morgan fingerprint density at radius 3 is 2.50 bits per heavy atom. The van der Waals surface area contributed by atoms with Crippen molar-refractivity contribution in [1.82, 2.24) is 4.90 Å². The van der Waals surface area contributed by atoms with Gasteiger partial charge in [0.15, 0.2) is 0 Å². The van der Waals surface area contributed by atoms with Crippen molar-refractivity contribution in [3.8, 4) is 5.75 Å². The summed E-state index contributed by atoms with van der Waals surface area (Å²) in [5.41, 5.74) is 7.56. The molecule has 1 aromatic rings. The maximum Gasteiger partial charge on any atom is 0.118 e. The Morgan fingerprint density at radius 1 is 1.30 bits per heavy atom. The largest absolute Gasteiger partial charge is 0.497 e. The van der Waals surface area contributed by atoms with Gasteiger partial charge in [-0.3, -0.25) is 0 Å². The second-order valence-corrected chi connectivity index (χ2v) is 6.32. The zero-order valence-electron chi connectivity index (χ0n) is 13.2. The van der Waals surface area contributed by atoms with Crippen molar-refractivity contribution in [2.24, 2.45) is 11.7 Å². The second kappa shape index (κ2) is 6.15. The van der Waals surface area contributed by atoms with Crippen LogP contribution in [-0.2, 0) is 5.41 Å². The molecule has 1 heterocycles. The van der Waals surface area contributed by atoms with E-state index in [1.165, 1.54) is 12.0 Å². The molecule has 0 bridgehead atoms. The average molecular weight is 276 g/mol. The third kappa shape index (κ3) is 2.70. The summed E-state index contributed by atoms with van der Waals surface area (Å²) in [4.78, 5) is 2.46. The third-order valence-electron chi connectivity index (χ3n) is 5.17. The molecule has 1 aromatic carbocycles.